The second-order valence-corrected chi connectivity index (χ2v) is 17.6. The monoisotopic (exact) mass is 792 g/mol. The summed E-state index contributed by atoms with van der Waals surface area (Å²) >= 11 is 0. The van der Waals surface area contributed by atoms with Crippen molar-refractivity contribution in [1.82, 2.24) is 0 Å². The van der Waals surface area contributed by atoms with E-state index < -0.39 is 0 Å². The topological polar surface area (TPSA) is 58.9 Å². The fraction of sp³-hybridized carbons (Fsp3) is 0.250. The molecule has 4 nitrogen and oxygen atoms in total. The van der Waals surface area contributed by atoms with Crippen molar-refractivity contribution in [2.24, 2.45) is 0 Å². The highest BCUT2D eigenvalue weighted by molar-refractivity contribution is 6.01. The van der Waals surface area contributed by atoms with Gasteiger partial charge in [0.2, 0.25) is 0 Å². The molecule has 7 aromatic carbocycles. The average Bonchev–Trinajstić information content (AvgIpc) is 3.24. The van der Waals surface area contributed by atoms with E-state index in [0.717, 1.165) is 85.0 Å². The molecule has 0 heterocycles. The van der Waals surface area contributed by atoms with Crippen LogP contribution in [0.25, 0.3) is 49.7 Å². The Bertz CT molecular complexity index is 2740. The Balaban J connectivity index is 1.05. The predicted octanol–water partition coefficient (Wildman–Crippen LogP) is 14.6. The fourth-order valence-electron chi connectivity index (χ4n) is 8.67. The van der Waals surface area contributed by atoms with E-state index in [-0.39, 0.29) is 22.8 Å². The van der Waals surface area contributed by atoms with E-state index in [2.05, 4.69) is 133 Å². The smallest absolute Gasteiger partial charge is 0.131 e. The third-order valence-electron chi connectivity index (χ3n) is 12.1. The van der Waals surface area contributed by atoms with Crippen LogP contribution >= 0.6 is 0 Å². The van der Waals surface area contributed by atoms with Crippen LogP contribution in [0.4, 0.5) is 0 Å². The van der Waals surface area contributed by atoms with Crippen LogP contribution in [-0.2, 0) is 11.8 Å². The van der Waals surface area contributed by atoms with Gasteiger partial charge in [-0.3, -0.25) is 0 Å². The fourth-order valence-corrected chi connectivity index (χ4v) is 8.67. The molecule has 0 atom stereocenters. The van der Waals surface area contributed by atoms with Crippen molar-refractivity contribution in [2.75, 3.05) is 13.2 Å². The first-order valence-corrected chi connectivity index (χ1v) is 21.4. The Morgan fingerprint density at radius 1 is 0.567 bits per heavy atom. The quantitative estimate of drug-likeness (QED) is 0.128. The van der Waals surface area contributed by atoms with E-state index in [1.807, 2.05) is 48.5 Å². The third-order valence-corrected chi connectivity index (χ3v) is 12.1. The summed E-state index contributed by atoms with van der Waals surface area (Å²) in [5.74, 6) is 2.21. The summed E-state index contributed by atoms with van der Waals surface area (Å²) in [4.78, 5) is 0. The zero-order chi connectivity index (χ0) is 42.1. The number of aryl methyl sites for hydroxylation is 2. The standard InChI is InChI=1S/C56H56O4/c1-35(2)40-31-46(54(57)48(32-40)52-36(3)25-27-38-17-8-10-19-42(38)52)44-21-12-14-23-50(44)59-29-16-30-60-51-24-15-13-22-45(51)47-33-41(56(5,6)7)34-49(55(47)58)53-37(4)26-28-39-18-9-11-20-43(39)53/h8-15,17-24,26,28,31-35,57-58H,16,25,27,29-30H2,1-7H3. The molecule has 4 heteroatoms. The molecular formula is C56H56O4. The molecule has 0 spiro atoms. The highest BCUT2D eigenvalue weighted by Crippen LogP contribution is 2.48. The van der Waals surface area contributed by atoms with Crippen molar-refractivity contribution in [3.63, 3.8) is 0 Å². The molecule has 0 aromatic heterocycles. The molecule has 0 radical (unpaired) electrons. The molecule has 8 rings (SSSR count). The minimum absolute atomic E-state index is 0.162. The maximum atomic E-state index is 12.2. The van der Waals surface area contributed by atoms with E-state index in [1.165, 1.54) is 22.3 Å². The molecule has 0 fully saturated rings. The van der Waals surface area contributed by atoms with Crippen molar-refractivity contribution < 1.29 is 19.7 Å². The number of ether oxygens (including phenoxy) is 2. The number of para-hydroxylation sites is 2. The van der Waals surface area contributed by atoms with E-state index in [0.29, 0.717) is 25.4 Å². The summed E-state index contributed by atoms with van der Waals surface area (Å²) < 4.78 is 13.0. The van der Waals surface area contributed by atoms with Gasteiger partial charge in [-0.25, -0.2) is 0 Å². The first-order valence-electron chi connectivity index (χ1n) is 21.4. The summed E-state index contributed by atoms with van der Waals surface area (Å²) in [7, 11) is 0. The molecule has 0 saturated heterocycles. The summed E-state index contributed by atoms with van der Waals surface area (Å²) in [6, 6.07) is 45.7. The lowest BCUT2D eigenvalue weighted by atomic mass is 9.80. The van der Waals surface area contributed by atoms with Gasteiger partial charge in [-0.1, -0.05) is 137 Å². The van der Waals surface area contributed by atoms with E-state index in [9.17, 15) is 10.2 Å². The number of phenolic OH excluding ortho intramolecular Hbond substituents is 2. The number of phenols is 2. The van der Waals surface area contributed by atoms with Crippen molar-refractivity contribution in [1.29, 1.82) is 0 Å². The van der Waals surface area contributed by atoms with E-state index >= 15 is 0 Å². The van der Waals surface area contributed by atoms with Gasteiger partial charge in [0, 0.05) is 39.8 Å². The minimum Gasteiger partial charge on any atom is -0.507 e. The zero-order valence-corrected chi connectivity index (χ0v) is 36.0. The second-order valence-electron chi connectivity index (χ2n) is 17.6. The Morgan fingerprint density at radius 2 is 1.12 bits per heavy atom. The summed E-state index contributed by atoms with van der Waals surface area (Å²) in [6.07, 6.45) is 2.60. The van der Waals surface area contributed by atoms with Crippen LogP contribution in [0.5, 0.6) is 23.0 Å². The van der Waals surface area contributed by atoms with Crippen LogP contribution in [0.1, 0.15) is 93.7 Å². The van der Waals surface area contributed by atoms with Gasteiger partial charge in [0.05, 0.1) is 13.2 Å². The summed E-state index contributed by atoms with van der Waals surface area (Å²) in [5.41, 5.74) is 14.1. The number of rotatable bonds is 11. The van der Waals surface area contributed by atoms with Crippen LogP contribution in [0.2, 0.25) is 0 Å². The van der Waals surface area contributed by atoms with E-state index in [1.54, 1.807) is 0 Å². The lowest BCUT2D eigenvalue weighted by Gasteiger charge is -2.25. The Morgan fingerprint density at radius 3 is 1.78 bits per heavy atom. The molecule has 0 saturated carbocycles. The molecule has 60 heavy (non-hydrogen) atoms. The van der Waals surface area contributed by atoms with Gasteiger partial charge in [-0.15, -0.1) is 0 Å². The van der Waals surface area contributed by atoms with Crippen molar-refractivity contribution in [2.45, 2.75) is 79.1 Å². The summed E-state index contributed by atoms with van der Waals surface area (Å²) in [6.45, 7) is 16.2. The van der Waals surface area contributed by atoms with Crippen molar-refractivity contribution in [3.8, 4) is 56.4 Å². The maximum Gasteiger partial charge on any atom is 0.131 e. The van der Waals surface area contributed by atoms with Gasteiger partial charge in [-0.2, -0.15) is 0 Å². The summed E-state index contributed by atoms with van der Waals surface area (Å²) in [5, 5.41) is 26.5. The Hall–Kier alpha value is -6.26. The molecule has 0 bridgehead atoms. The minimum atomic E-state index is -0.162. The predicted molar refractivity (Wildman–Crippen MR) is 250 cm³/mol. The number of aromatic hydroxyl groups is 2. The molecule has 0 unspecified atom stereocenters. The first-order chi connectivity index (χ1) is 28.9. The lowest BCUT2D eigenvalue weighted by Crippen LogP contribution is -2.12. The molecule has 304 valence electrons. The van der Waals surface area contributed by atoms with Gasteiger partial charge in [0.15, 0.2) is 0 Å². The van der Waals surface area contributed by atoms with Crippen LogP contribution in [0, 0.1) is 6.92 Å². The van der Waals surface area contributed by atoms with Gasteiger partial charge >= 0.3 is 0 Å². The molecule has 1 aliphatic carbocycles. The van der Waals surface area contributed by atoms with Crippen LogP contribution < -0.4 is 9.47 Å². The van der Waals surface area contributed by atoms with Gasteiger partial charge in [0.25, 0.3) is 0 Å². The van der Waals surface area contributed by atoms with Crippen LogP contribution in [-0.4, -0.2) is 23.4 Å². The third kappa shape index (κ3) is 7.91. The van der Waals surface area contributed by atoms with Crippen LogP contribution in [0.15, 0.2) is 139 Å². The Labute approximate surface area is 355 Å². The SMILES string of the molecule is CC1=C(c2cc(C(C)C)cc(-c3ccccc3OCCCOc3ccccc3-c3cc(C(C)(C)C)cc(-c4c(C)ccc5ccccc45)c3O)c2O)c2ccccc2CC1. The number of fused-ring (bicyclic) bond motifs is 2. The first kappa shape index (κ1) is 40.5. The van der Waals surface area contributed by atoms with Gasteiger partial charge in [0.1, 0.15) is 23.0 Å². The molecular weight excluding hydrogens is 737 g/mol. The largest absolute Gasteiger partial charge is 0.507 e. The lowest BCUT2D eigenvalue weighted by molar-refractivity contribution is 0.248. The van der Waals surface area contributed by atoms with Crippen molar-refractivity contribution in [3.05, 3.63) is 172 Å². The Kier molecular flexibility index (Phi) is 11.3. The normalized spacial score (nSPS) is 12.9. The molecule has 0 aliphatic heterocycles. The number of hydrogen-bond donors (Lipinski definition) is 2. The average molecular weight is 793 g/mol. The number of hydrogen-bond acceptors (Lipinski definition) is 4. The molecule has 0 amide bonds. The van der Waals surface area contributed by atoms with Gasteiger partial charge in [-0.05, 0) is 124 Å². The van der Waals surface area contributed by atoms with Crippen molar-refractivity contribution >= 4 is 16.3 Å². The molecule has 2 N–H and O–H groups in total. The number of allylic oxidation sites excluding steroid dienone is 1. The van der Waals surface area contributed by atoms with E-state index in [4.69, 9.17) is 9.47 Å². The highest BCUT2D eigenvalue weighted by Gasteiger charge is 2.26. The maximum absolute atomic E-state index is 12.2. The molecule has 1 aliphatic rings. The van der Waals surface area contributed by atoms with Gasteiger partial charge < -0.3 is 19.7 Å². The number of benzene rings is 7. The zero-order valence-electron chi connectivity index (χ0n) is 36.0. The molecule has 7 aromatic rings. The highest BCUT2D eigenvalue weighted by atomic mass is 16.5. The van der Waals surface area contributed by atoms with Crippen LogP contribution in [0.3, 0.4) is 0 Å². The second kappa shape index (κ2) is 16.8.